The lowest BCUT2D eigenvalue weighted by Gasteiger charge is -2.15. The van der Waals surface area contributed by atoms with E-state index < -0.39 is 11.8 Å². The molecule has 3 aromatic carbocycles. The third-order valence-electron chi connectivity index (χ3n) is 4.54. The lowest BCUT2D eigenvalue weighted by molar-refractivity contribution is -0.123. The lowest BCUT2D eigenvalue weighted by Crippen LogP contribution is -2.49. The summed E-state index contributed by atoms with van der Waals surface area (Å²) in [6, 6.07) is 14.7. The molecule has 0 saturated carbocycles. The third-order valence-corrected chi connectivity index (χ3v) is 6.55. The minimum atomic E-state index is -0.479. The van der Waals surface area contributed by atoms with Gasteiger partial charge in [0.1, 0.15) is 11.5 Å². The van der Waals surface area contributed by atoms with Crippen molar-refractivity contribution in [2.75, 3.05) is 13.2 Å². The van der Waals surface area contributed by atoms with Crippen LogP contribution in [0, 0.1) is 5.92 Å². The van der Waals surface area contributed by atoms with Crippen molar-refractivity contribution in [3.8, 4) is 11.5 Å². The number of hydrazine groups is 1. The number of thiocarbonyl (C=S) groups is 1. The molecular formula is C24H22Br3N3O4S. The maximum absolute atomic E-state index is 12.7. The van der Waals surface area contributed by atoms with Crippen molar-refractivity contribution in [1.29, 1.82) is 0 Å². The first kappa shape index (κ1) is 27.4. The fraction of sp³-hybridized carbons (Fsp3) is 0.208. The highest BCUT2D eigenvalue weighted by Gasteiger charge is 2.16. The van der Waals surface area contributed by atoms with Gasteiger partial charge in [-0.05, 0) is 81.2 Å². The number of hydrogen-bond acceptors (Lipinski definition) is 5. The molecule has 0 aliphatic carbocycles. The summed E-state index contributed by atoms with van der Waals surface area (Å²) in [7, 11) is 0. The Bertz CT molecular complexity index is 1270. The van der Waals surface area contributed by atoms with Crippen molar-refractivity contribution in [2.45, 2.75) is 13.8 Å². The predicted octanol–water partition coefficient (Wildman–Crippen LogP) is 5.88. The van der Waals surface area contributed by atoms with Crippen LogP contribution in [0.25, 0.3) is 10.8 Å². The van der Waals surface area contributed by atoms with E-state index in [9.17, 15) is 9.59 Å². The summed E-state index contributed by atoms with van der Waals surface area (Å²) in [5.41, 5.74) is 5.22. The quantitative estimate of drug-likeness (QED) is 0.213. The molecule has 3 aromatic rings. The molecule has 35 heavy (non-hydrogen) atoms. The number of carbonyl (C=O) groups excluding carboxylic acids is 2. The monoisotopic (exact) mass is 685 g/mol. The van der Waals surface area contributed by atoms with Gasteiger partial charge in [-0.2, -0.15) is 0 Å². The highest BCUT2D eigenvalue weighted by molar-refractivity contribution is 9.11. The maximum Gasteiger partial charge on any atom is 0.276 e. The molecule has 2 amide bonds. The average molecular weight is 688 g/mol. The Morgan fingerprint density at radius 3 is 2.34 bits per heavy atom. The van der Waals surface area contributed by atoms with Gasteiger partial charge in [0, 0.05) is 8.95 Å². The molecular weight excluding hydrogens is 666 g/mol. The van der Waals surface area contributed by atoms with Gasteiger partial charge in [-0.3, -0.25) is 25.8 Å². The third kappa shape index (κ3) is 7.89. The average Bonchev–Trinajstić information content (AvgIpc) is 2.81. The molecule has 0 bridgehead atoms. The van der Waals surface area contributed by atoms with E-state index in [1.165, 1.54) is 0 Å². The molecule has 0 spiro atoms. The number of ether oxygens (including phenoxy) is 2. The van der Waals surface area contributed by atoms with Gasteiger partial charge in [-0.25, -0.2) is 0 Å². The minimum Gasteiger partial charge on any atom is -0.492 e. The van der Waals surface area contributed by atoms with Crippen molar-refractivity contribution in [1.82, 2.24) is 16.2 Å². The summed E-state index contributed by atoms with van der Waals surface area (Å²) in [4.78, 5) is 24.9. The number of benzene rings is 3. The first-order chi connectivity index (χ1) is 16.6. The largest absolute Gasteiger partial charge is 0.492 e. The van der Waals surface area contributed by atoms with E-state index >= 15 is 0 Å². The number of carbonyl (C=O) groups is 2. The van der Waals surface area contributed by atoms with Crippen molar-refractivity contribution < 1.29 is 19.1 Å². The van der Waals surface area contributed by atoms with Crippen LogP contribution in [0.1, 0.15) is 24.2 Å². The number of amides is 2. The van der Waals surface area contributed by atoms with Crippen LogP contribution in [0.15, 0.2) is 61.9 Å². The van der Waals surface area contributed by atoms with E-state index in [2.05, 4.69) is 64.0 Å². The predicted molar refractivity (Wildman–Crippen MR) is 151 cm³/mol. The van der Waals surface area contributed by atoms with Gasteiger partial charge >= 0.3 is 0 Å². The van der Waals surface area contributed by atoms with Gasteiger partial charge < -0.3 is 9.47 Å². The second-order valence-corrected chi connectivity index (χ2v) is 10.9. The molecule has 0 unspecified atom stereocenters. The zero-order valence-electron chi connectivity index (χ0n) is 18.8. The molecule has 11 heteroatoms. The zero-order chi connectivity index (χ0) is 25.5. The van der Waals surface area contributed by atoms with E-state index in [4.69, 9.17) is 21.7 Å². The molecule has 0 aromatic heterocycles. The Morgan fingerprint density at radius 1 is 0.914 bits per heavy atom. The fourth-order valence-electron chi connectivity index (χ4n) is 2.92. The molecule has 0 atom stereocenters. The van der Waals surface area contributed by atoms with Crippen molar-refractivity contribution in [3.63, 3.8) is 0 Å². The number of nitrogens with one attached hydrogen (secondary N) is 3. The second kappa shape index (κ2) is 12.7. The standard InChI is InChI=1S/C24H22Br3N3O4S/c1-13(2)11-33-19-8-5-16(26)10-18(19)23(32)28-24(35)30-29-21(31)12-34-20-7-3-14-9-15(25)4-6-17(14)22(20)27/h3-10,13H,11-12H2,1-2H3,(H,29,31)(H2,28,30,32,35). The second-order valence-electron chi connectivity index (χ2n) is 7.83. The Hall–Kier alpha value is -2.21. The van der Waals surface area contributed by atoms with Gasteiger partial charge in [-0.15, -0.1) is 0 Å². The highest BCUT2D eigenvalue weighted by Crippen LogP contribution is 2.34. The normalized spacial score (nSPS) is 10.7. The molecule has 0 aliphatic heterocycles. The topological polar surface area (TPSA) is 88.7 Å². The van der Waals surface area contributed by atoms with Crippen LogP contribution in [-0.2, 0) is 4.79 Å². The van der Waals surface area contributed by atoms with Gasteiger partial charge in [0.15, 0.2) is 11.7 Å². The first-order valence-corrected chi connectivity index (χ1v) is 13.3. The van der Waals surface area contributed by atoms with E-state index in [1.807, 2.05) is 38.1 Å². The van der Waals surface area contributed by atoms with Gasteiger partial charge in [0.05, 0.1) is 16.6 Å². The molecule has 184 valence electrons. The van der Waals surface area contributed by atoms with Gasteiger partial charge in [0.25, 0.3) is 11.8 Å². The fourth-order valence-corrected chi connectivity index (χ4v) is 4.42. The van der Waals surface area contributed by atoms with Crippen molar-refractivity contribution in [2.24, 2.45) is 5.92 Å². The van der Waals surface area contributed by atoms with Crippen LogP contribution in [0.5, 0.6) is 11.5 Å². The molecule has 0 saturated heterocycles. The Morgan fingerprint density at radius 2 is 1.60 bits per heavy atom. The van der Waals surface area contributed by atoms with Gasteiger partial charge in [-0.1, -0.05) is 57.8 Å². The van der Waals surface area contributed by atoms with Crippen LogP contribution < -0.4 is 25.6 Å². The summed E-state index contributed by atoms with van der Waals surface area (Å²) in [6.45, 7) is 4.23. The van der Waals surface area contributed by atoms with E-state index in [1.54, 1.807) is 24.3 Å². The van der Waals surface area contributed by atoms with E-state index in [0.717, 1.165) is 24.2 Å². The van der Waals surface area contributed by atoms with Crippen LogP contribution in [0.3, 0.4) is 0 Å². The Labute approximate surface area is 233 Å². The number of fused-ring (bicyclic) bond motifs is 1. The molecule has 7 nitrogen and oxygen atoms in total. The van der Waals surface area contributed by atoms with Gasteiger partial charge in [0.2, 0.25) is 0 Å². The first-order valence-electron chi connectivity index (χ1n) is 10.5. The molecule has 0 fully saturated rings. The molecule has 3 rings (SSSR count). The Kier molecular flexibility index (Phi) is 9.90. The molecule has 3 N–H and O–H groups in total. The summed E-state index contributed by atoms with van der Waals surface area (Å²) in [5.74, 6) is 0.308. The molecule has 0 heterocycles. The van der Waals surface area contributed by atoms with Crippen molar-refractivity contribution in [3.05, 3.63) is 67.5 Å². The summed E-state index contributed by atoms with van der Waals surface area (Å²) >= 11 is 15.5. The Balaban J connectivity index is 1.52. The smallest absolute Gasteiger partial charge is 0.276 e. The number of hydrogen-bond donors (Lipinski definition) is 3. The lowest BCUT2D eigenvalue weighted by atomic mass is 10.1. The van der Waals surface area contributed by atoms with Crippen LogP contribution in [0.2, 0.25) is 0 Å². The van der Waals surface area contributed by atoms with Crippen LogP contribution in [0.4, 0.5) is 0 Å². The van der Waals surface area contributed by atoms with Crippen LogP contribution in [-0.4, -0.2) is 30.1 Å². The summed E-state index contributed by atoms with van der Waals surface area (Å²) < 4.78 is 13.8. The minimum absolute atomic E-state index is 0.0735. The summed E-state index contributed by atoms with van der Waals surface area (Å²) in [6.07, 6.45) is 0. The SMILES string of the molecule is CC(C)COc1ccc(Br)cc1C(=O)NC(=S)NNC(=O)COc1ccc2cc(Br)ccc2c1Br. The number of rotatable bonds is 7. The van der Waals surface area contributed by atoms with E-state index in [-0.39, 0.29) is 11.7 Å². The molecule has 0 aliphatic rings. The molecule has 0 radical (unpaired) electrons. The zero-order valence-corrected chi connectivity index (χ0v) is 24.4. The number of halogens is 3. The summed E-state index contributed by atoms with van der Waals surface area (Å²) in [5, 5.41) is 4.43. The maximum atomic E-state index is 12.7. The van der Waals surface area contributed by atoms with E-state index in [0.29, 0.717) is 29.6 Å². The van der Waals surface area contributed by atoms with Crippen molar-refractivity contribution >= 4 is 87.7 Å². The highest BCUT2D eigenvalue weighted by atomic mass is 79.9. The van der Waals surface area contributed by atoms with Crippen LogP contribution >= 0.6 is 60.0 Å².